The van der Waals surface area contributed by atoms with Crippen LogP contribution in [0.2, 0.25) is 0 Å². The second kappa shape index (κ2) is 5.72. The molecule has 0 aromatic rings. The molecule has 0 aliphatic heterocycles. The highest BCUT2D eigenvalue weighted by molar-refractivity contribution is 4.79. The molecule has 0 aromatic carbocycles. The van der Waals surface area contributed by atoms with Crippen LogP contribution in [-0.4, -0.2) is 35.2 Å². The van der Waals surface area contributed by atoms with E-state index in [9.17, 15) is 5.11 Å². The number of aliphatic hydroxyl groups excluding tert-OH is 1. The maximum absolute atomic E-state index is 9.85. The van der Waals surface area contributed by atoms with Gasteiger partial charge in [0.15, 0.2) is 0 Å². The number of likely N-dealkylation sites (N-methyl/N-ethyl adjacent to an activating group) is 1. The molecule has 1 N–H and O–H groups in total. The molecule has 1 fully saturated rings. The molecule has 14 heavy (non-hydrogen) atoms. The molecule has 0 radical (unpaired) electrons. The molecule has 1 aliphatic rings. The SMILES string of the molecule is CCN(CC(O)C(C)C)C1CCCC1. The fraction of sp³-hybridized carbons (Fsp3) is 1.00. The molecule has 0 amide bonds. The zero-order valence-corrected chi connectivity index (χ0v) is 9.87. The van der Waals surface area contributed by atoms with Crippen molar-refractivity contribution >= 4 is 0 Å². The summed E-state index contributed by atoms with van der Waals surface area (Å²) in [6.45, 7) is 8.32. The Hall–Kier alpha value is -0.0800. The molecule has 1 saturated carbocycles. The van der Waals surface area contributed by atoms with Crippen LogP contribution in [0.3, 0.4) is 0 Å². The Morgan fingerprint density at radius 2 is 1.86 bits per heavy atom. The third-order valence-corrected chi connectivity index (χ3v) is 3.44. The van der Waals surface area contributed by atoms with E-state index in [0.29, 0.717) is 5.92 Å². The molecule has 1 atom stereocenters. The third-order valence-electron chi connectivity index (χ3n) is 3.44. The summed E-state index contributed by atoms with van der Waals surface area (Å²) >= 11 is 0. The van der Waals surface area contributed by atoms with Crippen LogP contribution in [0.4, 0.5) is 0 Å². The lowest BCUT2D eigenvalue weighted by Gasteiger charge is -2.30. The van der Waals surface area contributed by atoms with Crippen LogP contribution in [0.25, 0.3) is 0 Å². The lowest BCUT2D eigenvalue weighted by Crippen LogP contribution is -2.40. The van der Waals surface area contributed by atoms with Gasteiger partial charge in [-0.05, 0) is 25.3 Å². The van der Waals surface area contributed by atoms with Crippen LogP contribution >= 0.6 is 0 Å². The lowest BCUT2D eigenvalue weighted by molar-refractivity contribution is 0.0607. The number of hydrogen-bond donors (Lipinski definition) is 1. The summed E-state index contributed by atoms with van der Waals surface area (Å²) in [4.78, 5) is 2.46. The van der Waals surface area contributed by atoms with Crippen molar-refractivity contribution in [2.75, 3.05) is 13.1 Å². The van der Waals surface area contributed by atoms with E-state index in [4.69, 9.17) is 0 Å². The van der Waals surface area contributed by atoms with Gasteiger partial charge < -0.3 is 5.11 Å². The second-order valence-electron chi connectivity index (χ2n) is 4.84. The Morgan fingerprint density at radius 1 is 1.29 bits per heavy atom. The Labute approximate surface area is 88.3 Å². The standard InChI is InChI=1S/C12H25NO/c1-4-13(9-12(14)10(2)3)11-7-5-6-8-11/h10-12,14H,4-9H2,1-3H3. The van der Waals surface area contributed by atoms with Crippen molar-refractivity contribution in [3.63, 3.8) is 0 Å². The molecule has 2 heteroatoms. The number of hydrogen-bond acceptors (Lipinski definition) is 2. The number of rotatable bonds is 5. The van der Waals surface area contributed by atoms with E-state index in [1.807, 2.05) is 0 Å². The zero-order chi connectivity index (χ0) is 10.6. The summed E-state index contributed by atoms with van der Waals surface area (Å²) in [6.07, 6.45) is 5.25. The van der Waals surface area contributed by atoms with Gasteiger partial charge in [-0.25, -0.2) is 0 Å². The average Bonchev–Trinajstić information content (AvgIpc) is 2.66. The van der Waals surface area contributed by atoms with Gasteiger partial charge in [0, 0.05) is 12.6 Å². The fourth-order valence-corrected chi connectivity index (χ4v) is 2.26. The van der Waals surface area contributed by atoms with Crippen molar-refractivity contribution in [2.45, 2.75) is 58.6 Å². The summed E-state index contributed by atoms with van der Waals surface area (Å²) in [6, 6.07) is 0.744. The summed E-state index contributed by atoms with van der Waals surface area (Å²) in [5.41, 5.74) is 0. The first-order chi connectivity index (χ1) is 6.65. The average molecular weight is 199 g/mol. The molecule has 84 valence electrons. The fourth-order valence-electron chi connectivity index (χ4n) is 2.26. The highest BCUT2D eigenvalue weighted by Crippen LogP contribution is 2.23. The van der Waals surface area contributed by atoms with Crippen LogP contribution in [0, 0.1) is 5.92 Å². The number of aliphatic hydroxyl groups is 1. The third kappa shape index (κ3) is 3.25. The van der Waals surface area contributed by atoms with Crippen molar-refractivity contribution in [3.8, 4) is 0 Å². The molecule has 1 aliphatic carbocycles. The van der Waals surface area contributed by atoms with Gasteiger partial charge >= 0.3 is 0 Å². The van der Waals surface area contributed by atoms with Gasteiger partial charge in [-0.1, -0.05) is 33.6 Å². The first-order valence-corrected chi connectivity index (χ1v) is 6.07. The molecule has 1 unspecified atom stereocenters. The maximum atomic E-state index is 9.85. The normalized spacial score (nSPS) is 21.0. The van der Waals surface area contributed by atoms with Gasteiger partial charge in [-0.3, -0.25) is 4.90 Å². The van der Waals surface area contributed by atoms with Gasteiger partial charge in [0.1, 0.15) is 0 Å². The highest BCUT2D eigenvalue weighted by atomic mass is 16.3. The monoisotopic (exact) mass is 199 g/mol. The highest BCUT2D eigenvalue weighted by Gasteiger charge is 2.23. The molecule has 2 nitrogen and oxygen atoms in total. The summed E-state index contributed by atoms with van der Waals surface area (Å²) in [5.74, 6) is 0.380. The molecule has 0 aromatic heterocycles. The molecule has 1 rings (SSSR count). The van der Waals surface area contributed by atoms with E-state index in [1.54, 1.807) is 0 Å². The van der Waals surface area contributed by atoms with E-state index < -0.39 is 0 Å². The van der Waals surface area contributed by atoms with Crippen LogP contribution in [-0.2, 0) is 0 Å². The Kier molecular flexibility index (Phi) is 4.90. The molecule has 0 bridgehead atoms. The molecular formula is C12H25NO. The van der Waals surface area contributed by atoms with E-state index in [1.165, 1.54) is 25.7 Å². The summed E-state index contributed by atoms with van der Waals surface area (Å²) in [5, 5.41) is 9.85. The first kappa shape index (κ1) is 12.0. The van der Waals surface area contributed by atoms with Crippen molar-refractivity contribution in [2.24, 2.45) is 5.92 Å². The smallest absolute Gasteiger partial charge is 0.0690 e. The van der Waals surface area contributed by atoms with E-state index >= 15 is 0 Å². The van der Waals surface area contributed by atoms with Gasteiger partial charge in [-0.15, -0.1) is 0 Å². The van der Waals surface area contributed by atoms with Crippen molar-refractivity contribution in [1.29, 1.82) is 0 Å². The predicted octanol–water partition coefficient (Wildman–Crippen LogP) is 2.27. The van der Waals surface area contributed by atoms with Gasteiger partial charge in [-0.2, -0.15) is 0 Å². The Bertz CT molecular complexity index is 152. The summed E-state index contributed by atoms with van der Waals surface area (Å²) in [7, 11) is 0. The van der Waals surface area contributed by atoms with Crippen molar-refractivity contribution in [1.82, 2.24) is 4.90 Å². The minimum atomic E-state index is -0.157. The van der Waals surface area contributed by atoms with Crippen molar-refractivity contribution < 1.29 is 5.11 Å². The molecule has 0 spiro atoms. The van der Waals surface area contributed by atoms with Gasteiger partial charge in [0.25, 0.3) is 0 Å². The topological polar surface area (TPSA) is 23.5 Å². The first-order valence-electron chi connectivity index (χ1n) is 6.07. The van der Waals surface area contributed by atoms with Crippen LogP contribution in [0.15, 0.2) is 0 Å². The van der Waals surface area contributed by atoms with Gasteiger partial charge in [0.05, 0.1) is 6.10 Å². The van der Waals surface area contributed by atoms with Crippen LogP contribution in [0.5, 0.6) is 0 Å². The summed E-state index contributed by atoms with van der Waals surface area (Å²) < 4.78 is 0. The Morgan fingerprint density at radius 3 is 2.29 bits per heavy atom. The van der Waals surface area contributed by atoms with E-state index in [0.717, 1.165) is 19.1 Å². The minimum Gasteiger partial charge on any atom is -0.392 e. The molecule has 0 heterocycles. The van der Waals surface area contributed by atoms with E-state index in [-0.39, 0.29) is 6.10 Å². The van der Waals surface area contributed by atoms with Crippen molar-refractivity contribution in [3.05, 3.63) is 0 Å². The predicted molar refractivity (Wildman–Crippen MR) is 60.3 cm³/mol. The zero-order valence-electron chi connectivity index (χ0n) is 9.87. The minimum absolute atomic E-state index is 0.157. The van der Waals surface area contributed by atoms with Crippen LogP contribution in [0.1, 0.15) is 46.5 Å². The largest absolute Gasteiger partial charge is 0.392 e. The van der Waals surface area contributed by atoms with Gasteiger partial charge in [0.2, 0.25) is 0 Å². The maximum Gasteiger partial charge on any atom is 0.0690 e. The lowest BCUT2D eigenvalue weighted by atomic mass is 10.1. The second-order valence-corrected chi connectivity index (χ2v) is 4.84. The molecular weight excluding hydrogens is 174 g/mol. The quantitative estimate of drug-likeness (QED) is 0.734. The molecule has 0 saturated heterocycles. The Balaban J connectivity index is 2.37. The number of nitrogens with zero attached hydrogens (tertiary/aromatic N) is 1. The van der Waals surface area contributed by atoms with Crippen LogP contribution < -0.4 is 0 Å². The van der Waals surface area contributed by atoms with E-state index in [2.05, 4.69) is 25.7 Å².